The summed E-state index contributed by atoms with van der Waals surface area (Å²) in [6.45, 7) is 0.657. The van der Waals surface area contributed by atoms with E-state index in [1.165, 1.54) is 23.1 Å². The van der Waals surface area contributed by atoms with Crippen molar-refractivity contribution >= 4 is 18.0 Å². The number of aromatic nitrogens is 2. The van der Waals surface area contributed by atoms with Crippen LogP contribution < -0.4 is 4.74 Å². The summed E-state index contributed by atoms with van der Waals surface area (Å²) in [6, 6.07) is 5.95. The molecule has 2 rings (SSSR count). The van der Waals surface area contributed by atoms with Crippen molar-refractivity contribution < 1.29 is 27.8 Å². The summed E-state index contributed by atoms with van der Waals surface area (Å²) in [6.07, 6.45) is 2.86. The zero-order valence-corrected chi connectivity index (χ0v) is 16.7. The number of hydrogen-bond acceptors (Lipinski definition) is 5. The quantitative estimate of drug-likeness (QED) is 0.497. The van der Waals surface area contributed by atoms with E-state index in [1.54, 1.807) is 29.9 Å². The van der Waals surface area contributed by atoms with Gasteiger partial charge in [-0.25, -0.2) is 4.79 Å². The predicted octanol–water partition coefficient (Wildman–Crippen LogP) is 2.85. The van der Waals surface area contributed by atoms with E-state index in [4.69, 9.17) is 4.74 Å². The molecular formula is C20H23F2N3O4. The minimum absolute atomic E-state index is 0.0394. The number of likely N-dealkylation sites (N-methyl/N-ethyl adjacent to an activating group) is 1. The van der Waals surface area contributed by atoms with E-state index in [9.17, 15) is 18.4 Å². The van der Waals surface area contributed by atoms with Crippen molar-refractivity contribution in [1.29, 1.82) is 0 Å². The lowest BCUT2D eigenvalue weighted by Crippen LogP contribution is -2.30. The standard InChI is InChI=1S/C20H23F2N3O4/c1-13-17(14(2)25(4)23-13)9-10-19(27)28-12-18(26)24(3)11-15-5-7-16(8-6-15)29-20(21)22/h5-10,20H,11-12H2,1-4H3/b10-9+. The molecule has 7 nitrogen and oxygen atoms in total. The van der Waals surface area contributed by atoms with Crippen molar-refractivity contribution in [2.24, 2.45) is 7.05 Å². The number of carbonyl (C=O) groups excluding carboxylic acids is 2. The number of rotatable bonds is 8. The molecule has 0 saturated carbocycles. The molecular weight excluding hydrogens is 384 g/mol. The Kier molecular flexibility index (Phi) is 7.46. The molecule has 0 N–H and O–H groups in total. The van der Waals surface area contributed by atoms with Crippen LogP contribution in [0.5, 0.6) is 5.75 Å². The van der Waals surface area contributed by atoms with Gasteiger partial charge in [-0.05, 0) is 37.6 Å². The average molecular weight is 407 g/mol. The minimum Gasteiger partial charge on any atom is -0.452 e. The van der Waals surface area contributed by atoms with E-state index in [0.717, 1.165) is 22.5 Å². The molecule has 0 aliphatic carbocycles. The van der Waals surface area contributed by atoms with Gasteiger partial charge in [0, 0.05) is 38.0 Å². The van der Waals surface area contributed by atoms with Crippen LogP contribution in [0.15, 0.2) is 30.3 Å². The number of halogens is 2. The summed E-state index contributed by atoms with van der Waals surface area (Å²) in [5.41, 5.74) is 3.24. The fraction of sp³-hybridized carbons (Fsp3) is 0.350. The van der Waals surface area contributed by atoms with E-state index < -0.39 is 25.1 Å². The van der Waals surface area contributed by atoms with Crippen molar-refractivity contribution in [1.82, 2.24) is 14.7 Å². The average Bonchev–Trinajstić information content (AvgIpc) is 2.90. The molecule has 1 heterocycles. The van der Waals surface area contributed by atoms with Gasteiger partial charge in [0.05, 0.1) is 5.69 Å². The largest absolute Gasteiger partial charge is 0.452 e. The molecule has 0 unspecified atom stereocenters. The zero-order valence-electron chi connectivity index (χ0n) is 16.7. The van der Waals surface area contributed by atoms with Crippen LogP contribution in [-0.4, -0.2) is 46.8 Å². The smallest absolute Gasteiger partial charge is 0.387 e. The topological polar surface area (TPSA) is 73.7 Å². The van der Waals surface area contributed by atoms with E-state index >= 15 is 0 Å². The molecule has 1 amide bonds. The Morgan fingerprint density at radius 1 is 1.24 bits per heavy atom. The highest BCUT2D eigenvalue weighted by atomic mass is 19.3. The van der Waals surface area contributed by atoms with Gasteiger partial charge in [0.25, 0.3) is 5.91 Å². The first kappa shape index (κ1) is 22.1. The molecule has 0 radical (unpaired) electrons. The number of aryl methyl sites for hydroxylation is 2. The van der Waals surface area contributed by atoms with E-state index in [0.29, 0.717) is 0 Å². The molecule has 9 heteroatoms. The molecule has 0 atom stereocenters. The normalized spacial score (nSPS) is 11.1. The molecule has 0 aliphatic heterocycles. The van der Waals surface area contributed by atoms with Gasteiger partial charge in [0.2, 0.25) is 0 Å². The van der Waals surface area contributed by atoms with Gasteiger partial charge >= 0.3 is 12.6 Å². The van der Waals surface area contributed by atoms with Gasteiger partial charge in [-0.1, -0.05) is 12.1 Å². The van der Waals surface area contributed by atoms with Gasteiger partial charge in [-0.3, -0.25) is 9.48 Å². The van der Waals surface area contributed by atoms with Gasteiger partial charge < -0.3 is 14.4 Å². The van der Waals surface area contributed by atoms with Crippen molar-refractivity contribution in [3.8, 4) is 5.75 Å². The summed E-state index contributed by atoms with van der Waals surface area (Å²) in [5.74, 6) is -0.992. The Balaban J connectivity index is 1.83. The lowest BCUT2D eigenvalue weighted by atomic mass is 10.2. The molecule has 156 valence electrons. The number of amides is 1. The van der Waals surface area contributed by atoms with E-state index in [-0.39, 0.29) is 12.3 Å². The second-order valence-electron chi connectivity index (χ2n) is 6.42. The van der Waals surface area contributed by atoms with Crippen LogP contribution in [0.4, 0.5) is 8.78 Å². The molecule has 2 aromatic rings. The molecule has 0 spiro atoms. The summed E-state index contributed by atoms with van der Waals surface area (Å²) in [5, 5.41) is 4.25. The maximum atomic E-state index is 12.2. The molecule has 0 saturated heterocycles. The minimum atomic E-state index is -2.89. The van der Waals surface area contributed by atoms with Crippen molar-refractivity contribution in [2.75, 3.05) is 13.7 Å². The number of ether oxygens (including phenoxy) is 2. The fourth-order valence-corrected chi connectivity index (χ4v) is 2.61. The van der Waals surface area contributed by atoms with Crippen LogP contribution >= 0.6 is 0 Å². The highest BCUT2D eigenvalue weighted by Crippen LogP contribution is 2.16. The molecule has 0 bridgehead atoms. The first-order valence-electron chi connectivity index (χ1n) is 8.80. The highest BCUT2D eigenvalue weighted by molar-refractivity contribution is 5.89. The van der Waals surface area contributed by atoms with Crippen molar-refractivity contribution in [2.45, 2.75) is 27.0 Å². The van der Waals surface area contributed by atoms with Crippen LogP contribution in [0, 0.1) is 13.8 Å². The highest BCUT2D eigenvalue weighted by Gasteiger charge is 2.13. The van der Waals surface area contributed by atoms with Crippen LogP contribution in [-0.2, 0) is 27.9 Å². The fourth-order valence-electron chi connectivity index (χ4n) is 2.61. The number of alkyl halides is 2. The molecule has 29 heavy (non-hydrogen) atoms. The molecule has 1 aromatic carbocycles. The number of esters is 1. The Labute approximate surface area is 167 Å². The first-order valence-corrected chi connectivity index (χ1v) is 8.80. The van der Waals surface area contributed by atoms with E-state index in [2.05, 4.69) is 9.84 Å². The lowest BCUT2D eigenvalue weighted by Gasteiger charge is -2.17. The van der Waals surface area contributed by atoms with Crippen LogP contribution in [0.1, 0.15) is 22.5 Å². The van der Waals surface area contributed by atoms with Crippen LogP contribution in [0.25, 0.3) is 6.08 Å². The third-order valence-electron chi connectivity index (χ3n) is 4.28. The van der Waals surface area contributed by atoms with Crippen LogP contribution in [0.3, 0.4) is 0 Å². The summed E-state index contributed by atoms with van der Waals surface area (Å²) < 4.78 is 35.3. The van der Waals surface area contributed by atoms with Crippen molar-refractivity contribution in [3.05, 3.63) is 52.9 Å². The Hall–Kier alpha value is -3.23. The monoisotopic (exact) mass is 407 g/mol. The van der Waals surface area contributed by atoms with Gasteiger partial charge in [0.1, 0.15) is 5.75 Å². The summed E-state index contributed by atoms with van der Waals surface area (Å²) in [4.78, 5) is 25.4. The van der Waals surface area contributed by atoms with Gasteiger partial charge in [-0.15, -0.1) is 0 Å². The number of benzene rings is 1. The molecule has 1 aromatic heterocycles. The molecule has 0 fully saturated rings. The zero-order chi connectivity index (χ0) is 21.6. The lowest BCUT2D eigenvalue weighted by molar-refractivity contribution is -0.147. The maximum absolute atomic E-state index is 12.2. The number of carbonyl (C=O) groups is 2. The van der Waals surface area contributed by atoms with Crippen LogP contribution in [0.2, 0.25) is 0 Å². The van der Waals surface area contributed by atoms with E-state index in [1.807, 2.05) is 20.9 Å². The Bertz CT molecular complexity index is 892. The molecule has 0 aliphatic rings. The second kappa shape index (κ2) is 9.81. The third-order valence-corrected chi connectivity index (χ3v) is 4.28. The number of nitrogens with zero attached hydrogens (tertiary/aromatic N) is 3. The van der Waals surface area contributed by atoms with Gasteiger partial charge in [0.15, 0.2) is 6.61 Å². The van der Waals surface area contributed by atoms with Gasteiger partial charge in [-0.2, -0.15) is 13.9 Å². The summed E-state index contributed by atoms with van der Waals surface area (Å²) >= 11 is 0. The predicted molar refractivity (Wildman–Crippen MR) is 102 cm³/mol. The Morgan fingerprint density at radius 3 is 2.45 bits per heavy atom. The third kappa shape index (κ3) is 6.41. The Morgan fingerprint density at radius 2 is 1.90 bits per heavy atom. The summed E-state index contributed by atoms with van der Waals surface area (Å²) in [7, 11) is 3.36. The number of hydrogen-bond donors (Lipinski definition) is 0. The van der Waals surface area contributed by atoms with Crippen molar-refractivity contribution in [3.63, 3.8) is 0 Å². The SMILES string of the molecule is Cc1nn(C)c(C)c1/C=C/C(=O)OCC(=O)N(C)Cc1ccc(OC(F)F)cc1. The second-order valence-corrected chi connectivity index (χ2v) is 6.42. The first-order chi connectivity index (χ1) is 13.7. The maximum Gasteiger partial charge on any atom is 0.387 e.